The molecule has 0 aromatic carbocycles. The molecule has 64 valence electrons. The van der Waals surface area contributed by atoms with E-state index in [1.165, 1.54) is 0 Å². The molecule has 1 saturated heterocycles. The first-order valence-corrected chi connectivity index (χ1v) is 4.86. The van der Waals surface area contributed by atoms with Crippen molar-refractivity contribution in [2.75, 3.05) is 33.7 Å². The van der Waals surface area contributed by atoms with Crippen molar-refractivity contribution in [2.24, 2.45) is 5.29 Å². The van der Waals surface area contributed by atoms with Crippen molar-refractivity contribution in [3.8, 4) is 0 Å². The average molecular weight is 270 g/mol. The largest absolute Gasteiger partial charge is 0.315 e. The van der Waals surface area contributed by atoms with Gasteiger partial charge in [-0.05, 0) is 22.6 Å². The highest BCUT2D eigenvalue weighted by atomic mass is 127. The standard InChI is InChI=1S/C6H13IN3O/c1-10(2)4-3-9(8-11)5-6(10)7/h6H,3-5H2,1-2H3/q+1. The lowest BCUT2D eigenvalue weighted by Gasteiger charge is -2.40. The molecule has 11 heavy (non-hydrogen) atoms. The minimum absolute atomic E-state index is 0.471. The van der Waals surface area contributed by atoms with Crippen molar-refractivity contribution in [1.29, 1.82) is 0 Å². The SMILES string of the molecule is C[N+]1(C)CCN(N=O)CC1I. The number of nitroso groups, excluding NO2 is 1. The monoisotopic (exact) mass is 270 g/mol. The Bertz CT molecular complexity index is 162. The molecule has 0 amide bonds. The van der Waals surface area contributed by atoms with E-state index in [-0.39, 0.29) is 0 Å². The van der Waals surface area contributed by atoms with Gasteiger partial charge in [0, 0.05) is 0 Å². The Balaban J connectivity index is 2.54. The maximum Gasteiger partial charge on any atom is 0.158 e. The lowest BCUT2D eigenvalue weighted by atomic mass is 10.3. The molecule has 1 aliphatic rings. The van der Waals surface area contributed by atoms with Crippen LogP contribution in [0.15, 0.2) is 5.29 Å². The maximum absolute atomic E-state index is 10.2. The first-order valence-electron chi connectivity index (χ1n) is 3.61. The summed E-state index contributed by atoms with van der Waals surface area (Å²) in [5, 5.41) is 4.53. The average Bonchev–Trinajstić information content (AvgIpc) is 1.95. The van der Waals surface area contributed by atoms with E-state index >= 15 is 0 Å². The first-order chi connectivity index (χ1) is 5.06. The number of halogens is 1. The van der Waals surface area contributed by atoms with Crippen LogP contribution in [0.1, 0.15) is 0 Å². The van der Waals surface area contributed by atoms with Crippen LogP contribution >= 0.6 is 22.6 Å². The molecule has 1 aliphatic heterocycles. The topological polar surface area (TPSA) is 32.7 Å². The Morgan fingerprint density at radius 3 is 2.73 bits per heavy atom. The molecule has 1 heterocycles. The van der Waals surface area contributed by atoms with E-state index in [0.29, 0.717) is 4.05 Å². The molecule has 0 bridgehead atoms. The molecular formula is C6H13IN3O+. The van der Waals surface area contributed by atoms with Gasteiger partial charge < -0.3 is 4.48 Å². The summed E-state index contributed by atoms with van der Waals surface area (Å²) >= 11 is 2.37. The summed E-state index contributed by atoms with van der Waals surface area (Å²) in [7, 11) is 4.36. The van der Waals surface area contributed by atoms with Crippen LogP contribution < -0.4 is 0 Å². The van der Waals surface area contributed by atoms with Gasteiger partial charge in [-0.15, -0.1) is 4.91 Å². The quantitative estimate of drug-likeness (QED) is 0.232. The summed E-state index contributed by atoms with van der Waals surface area (Å²) in [6, 6.07) is 0. The summed E-state index contributed by atoms with van der Waals surface area (Å²) in [5.74, 6) is 0. The molecule has 1 atom stereocenters. The molecule has 0 spiro atoms. The van der Waals surface area contributed by atoms with E-state index in [1.54, 1.807) is 5.01 Å². The van der Waals surface area contributed by atoms with Crippen LogP contribution in [0.4, 0.5) is 0 Å². The first kappa shape index (κ1) is 9.18. The van der Waals surface area contributed by atoms with Gasteiger partial charge in [-0.3, -0.25) is 0 Å². The van der Waals surface area contributed by atoms with Crippen LogP contribution in [0, 0.1) is 4.91 Å². The number of hydrogen-bond donors (Lipinski definition) is 0. The Kier molecular flexibility index (Phi) is 2.69. The molecule has 1 unspecified atom stereocenters. The number of alkyl halides is 1. The van der Waals surface area contributed by atoms with Gasteiger partial charge in [0.2, 0.25) is 0 Å². The predicted molar refractivity (Wildman–Crippen MR) is 52.2 cm³/mol. The van der Waals surface area contributed by atoms with Crippen LogP contribution in [0.2, 0.25) is 0 Å². The molecule has 0 radical (unpaired) electrons. The van der Waals surface area contributed by atoms with E-state index in [9.17, 15) is 4.91 Å². The van der Waals surface area contributed by atoms with E-state index < -0.39 is 0 Å². The van der Waals surface area contributed by atoms with Crippen molar-refractivity contribution < 1.29 is 4.48 Å². The summed E-state index contributed by atoms with van der Waals surface area (Å²) in [5.41, 5.74) is 0. The normalized spacial score (nSPS) is 30.1. The van der Waals surface area contributed by atoms with Crippen molar-refractivity contribution in [1.82, 2.24) is 5.01 Å². The Morgan fingerprint density at radius 1 is 1.64 bits per heavy atom. The fraction of sp³-hybridized carbons (Fsp3) is 1.00. The summed E-state index contributed by atoms with van der Waals surface area (Å²) in [6.45, 7) is 2.56. The van der Waals surface area contributed by atoms with Crippen LogP contribution in [-0.2, 0) is 0 Å². The molecule has 0 saturated carbocycles. The smallest absolute Gasteiger partial charge is 0.158 e. The summed E-state index contributed by atoms with van der Waals surface area (Å²) < 4.78 is 1.45. The lowest BCUT2D eigenvalue weighted by molar-refractivity contribution is -0.900. The van der Waals surface area contributed by atoms with Crippen LogP contribution in [0.3, 0.4) is 0 Å². The molecule has 0 aliphatic carbocycles. The van der Waals surface area contributed by atoms with Gasteiger partial charge in [0.15, 0.2) is 4.05 Å². The minimum atomic E-state index is 0.471. The fourth-order valence-electron chi connectivity index (χ4n) is 1.07. The van der Waals surface area contributed by atoms with Crippen LogP contribution in [-0.4, -0.2) is 47.3 Å². The van der Waals surface area contributed by atoms with Gasteiger partial charge in [0.1, 0.15) is 6.54 Å². The van der Waals surface area contributed by atoms with Gasteiger partial charge >= 0.3 is 0 Å². The van der Waals surface area contributed by atoms with E-state index in [4.69, 9.17) is 0 Å². The molecule has 5 heteroatoms. The third-order valence-electron chi connectivity index (χ3n) is 2.17. The second-order valence-corrected chi connectivity index (χ2v) is 4.87. The molecular weight excluding hydrogens is 257 g/mol. The zero-order valence-electron chi connectivity index (χ0n) is 6.83. The third-order valence-corrected chi connectivity index (χ3v) is 4.07. The van der Waals surface area contributed by atoms with Crippen molar-refractivity contribution in [2.45, 2.75) is 4.05 Å². The van der Waals surface area contributed by atoms with Gasteiger partial charge in [0.25, 0.3) is 0 Å². The second-order valence-electron chi connectivity index (χ2n) is 3.43. The molecule has 4 nitrogen and oxygen atoms in total. The number of quaternary nitrogens is 1. The van der Waals surface area contributed by atoms with Crippen LogP contribution in [0.25, 0.3) is 0 Å². The van der Waals surface area contributed by atoms with E-state index in [1.807, 2.05) is 0 Å². The maximum atomic E-state index is 10.2. The predicted octanol–water partition coefficient (Wildman–Crippen LogP) is 0.821. The summed E-state index contributed by atoms with van der Waals surface area (Å²) in [6.07, 6.45) is 0. The van der Waals surface area contributed by atoms with Crippen molar-refractivity contribution >= 4 is 22.6 Å². The van der Waals surface area contributed by atoms with Gasteiger partial charge in [-0.2, -0.15) is 0 Å². The molecule has 0 aromatic rings. The Labute approximate surface area is 80.2 Å². The highest BCUT2D eigenvalue weighted by Crippen LogP contribution is 2.19. The number of piperazine rings is 1. The molecule has 0 N–H and O–H groups in total. The number of hydrogen-bond acceptors (Lipinski definition) is 2. The Hall–Kier alpha value is 0.0900. The third kappa shape index (κ3) is 2.02. The lowest BCUT2D eigenvalue weighted by Crippen LogP contribution is -2.57. The fourth-order valence-corrected chi connectivity index (χ4v) is 1.81. The molecule has 0 aromatic heterocycles. The van der Waals surface area contributed by atoms with Gasteiger partial charge in [-0.1, -0.05) is 0 Å². The van der Waals surface area contributed by atoms with E-state index in [0.717, 1.165) is 24.1 Å². The zero-order chi connectivity index (χ0) is 8.48. The number of likely N-dealkylation sites (N-methyl/N-ethyl adjacent to an activating group) is 1. The van der Waals surface area contributed by atoms with E-state index in [2.05, 4.69) is 42.0 Å². The van der Waals surface area contributed by atoms with Gasteiger partial charge in [0.05, 0.1) is 32.5 Å². The van der Waals surface area contributed by atoms with Gasteiger partial charge in [-0.25, -0.2) is 5.01 Å². The second kappa shape index (κ2) is 3.22. The highest BCUT2D eigenvalue weighted by molar-refractivity contribution is 14.1. The number of nitrogens with zero attached hydrogens (tertiary/aromatic N) is 3. The van der Waals surface area contributed by atoms with Crippen molar-refractivity contribution in [3.05, 3.63) is 4.91 Å². The molecule has 1 rings (SSSR count). The van der Waals surface area contributed by atoms with Crippen LogP contribution in [0.5, 0.6) is 0 Å². The molecule has 1 fully saturated rings. The Morgan fingerprint density at radius 2 is 2.27 bits per heavy atom. The summed E-state index contributed by atoms with van der Waals surface area (Å²) in [4.78, 5) is 10.2. The highest BCUT2D eigenvalue weighted by Gasteiger charge is 2.33. The number of rotatable bonds is 1. The van der Waals surface area contributed by atoms with Crippen molar-refractivity contribution in [3.63, 3.8) is 0 Å². The zero-order valence-corrected chi connectivity index (χ0v) is 8.98. The minimum Gasteiger partial charge on any atom is -0.315 e.